The molecule has 3 heteroatoms. The molecule has 0 aliphatic rings. The summed E-state index contributed by atoms with van der Waals surface area (Å²) in [7, 11) is 1.90. The van der Waals surface area contributed by atoms with Gasteiger partial charge >= 0.3 is 0 Å². The smallest absolute Gasteiger partial charge is 0.211 e. The zero-order chi connectivity index (χ0) is 9.40. The van der Waals surface area contributed by atoms with E-state index in [1.54, 1.807) is 0 Å². The highest BCUT2D eigenvalue weighted by molar-refractivity contribution is 5.69. The normalized spacial score (nSPS) is 7.92. The first kappa shape index (κ1) is 10.6. The van der Waals surface area contributed by atoms with Gasteiger partial charge in [-0.3, -0.25) is 4.79 Å². The Labute approximate surface area is 73.0 Å². The largest absolute Gasteiger partial charge is 0.324 e. The number of amides is 1. The molecule has 3 nitrogen and oxygen atoms in total. The van der Waals surface area contributed by atoms with Gasteiger partial charge in [-0.15, -0.1) is 0 Å². The predicted molar refractivity (Wildman–Crippen MR) is 48.7 cm³/mol. The Bertz CT molecular complexity index is 236. The van der Waals surface area contributed by atoms with E-state index in [1.807, 2.05) is 50.0 Å². The molecule has 0 bridgehead atoms. The Hall–Kier alpha value is -1.38. The van der Waals surface area contributed by atoms with Crippen LogP contribution in [0.25, 0.3) is 0 Å². The van der Waals surface area contributed by atoms with Gasteiger partial charge in [-0.1, -0.05) is 13.8 Å². The Balaban J connectivity index is 0.000000561. The lowest BCUT2D eigenvalue weighted by Crippen LogP contribution is -2.26. The number of aryl methyl sites for hydroxylation is 1. The van der Waals surface area contributed by atoms with Gasteiger partial charge in [0.05, 0.1) is 0 Å². The second-order valence-corrected chi connectivity index (χ2v) is 2.02. The lowest BCUT2D eigenvalue weighted by molar-refractivity contribution is -0.670. The molecule has 0 unspecified atom stereocenters. The van der Waals surface area contributed by atoms with Crippen molar-refractivity contribution in [2.75, 3.05) is 5.32 Å². The first-order valence-corrected chi connectivity index (χ1v) is 3.98. The molecule has 0 aliphatic carbocycles. The lowest BCUT2D eigenvalue weighted by Gasteiger charge is -1.92. The van der Waals surface area contributed by atoms with Crippen LogP contribution in [0, 0.1) is 0 Å². The van der Waals surface area contributed by atoms with Crippen LogP contribution in [0.2, 0.25) is 0 Å². The van der Waals surface area contributed by atoms with Crippen molar-refractivity contribution in [3.8, 4) is 0 Å². The molecule has 1 aromatic heterocycles. The average Bonchev–Trinajstić information content (AvgIpc) is 2.09. The highest BCUT2D eigenvalue weighted by atomic mass is 16.1. The van der Waals surface area contributed by atoms with E-state index >= 15 is 0 Å². The summed E-state index contributed by atoms with van der Waals surface area (Å²) in [6.07, 6.45) is 4.39. The van der Waals surface area contributed by atoms with Crippen LogP contribution in [0.5, 0.6) is 0 Å². The Morgan fingerprint density at radius 2 is 2.17 bits per heavy atom. The van der Waals surface area contributed by atoms with Crippen molar-refractivity contribution in [3.63, 3.8) is 0 Å². The van der Waals surface area contributed by atoms with Crippen LogP contribution in [0.1, 0.15) is 13.8 Å². The van der Waals surface area contributed by atoms with Gasteiger partial charge < -0.3 is 5.32 Å². The third-order valence-corrected chi connectivity index (χ3v) is 1.17. The van der Waals surface area contributed by atoms with Gasteiger partial charge in [0.25, 0.3) is 0 Å². The molecular weight excluding hydrogens is 152 g/mol. The van der Waals surface area contributed by atoms with Gasteiger partial charge in [-0.05, 0) is 6.07 Å². The number of hydrogen-bond acceptors (Lipinski definition) is 1. The van der Waals surface area contributed by atoms with E-state index in [9.17, 15) is 4.79 Å². The van der Waals surface area contributed by atoms with E-state index in [4.69, 9.17) is 0 Å². The fraction of sp³-hybridized carbons (Fsp3) is 0.333. The summed E-state index contributed by atoms with van der Waals surface area (Å²) in [6.45, 7) is 4.00. The average molecular weight is 167 g/mol. The molecule has 66 valence electrons. The molecule has 0 radical (unpaired) electrons. The van der Waals surface area contributed by atoms with E-state index < -0.39 is 0 Å². The van der Waals surface area contributed by atoms with Crippen molar-refractivity contribution in [2.24, 2.45) is 7.05 Å². The third kappa shape index (κ3) is 3.71. The van der Waals surface area contributed by atoms with Gasteiger partial charge in [-0.2, -0.15) is 0 Å². The quantitative estimate of drug-likeness (QED) is 0.519. The molecule has 0 saturated heterocycles. The van der Waals surface area contributed by atoms with Gasteiger partial charge in [0.15, 0.2) is 12.4 Å². The van der Waals surface area contributed by atoms with Gasteiger partial charge in [0.1, 0.15) is 12.7 Å². The fourth-order valence-electron chi connectivity index (χ4n) is 0.741. The minimum atomic E-state index is 0.662. The summed E-state index contributed by atoms with van der Waals surface area (Å²) in [5, 5.41) is 2.55. The number of anilines is 1. The first-order chi connectivity index (χ1) is 5.83. The molecule has 1 amide bonds. The topological polar surface area (TPSA) is 33.0 Å². The molecule has 12 heavy (non-hydrogen) atoms. The zero-order valence-corrected chi connectivity index (χ0v) is 7.74. The number of rotatable bonds is 2. The molecule has 1 aromatic rings. The summed E-state index contributed by atoms with van der Waals surface area (Å²) in [6, 6.07) is 3.69. The van der Waals surface area contributed by atoms with Crippen molar-refractivity contribution in [1.29, 1.82) is 0 Å². The minimum Gasteiger partial charge on any atom is -0.324 e. The van der Waals surface area contributed by atoms with Crippen LogP contribution in [-0.4, -0.2) is 6.41 Å². The van der Waals surface area contributed by atoms with E-state index in [0.29, 0.717) is 6.41 Å². The van der Waals surface area contributed by atoms with Crippen molar-refractivity contribution >= 4 is 12.1 Å². The molecule has 1 N–H and O–H groups in total. The molecule has 1 heterocycles. The van der Waals surface area contributed by atoms with Crippen LogP contribution in [0.4, 0.5) is 5.69 Å². The van der Waals surface area contributed by atoms with Crippen LogP contribution in [0.15, 0.2) is 24.5 Å². The lowest BCUT2D eigenvalue weighted by atomic mass is 10.4. The first-order valence-electron chi connectivity index (χ1n) is 3.98. The van der Waals surface area contributed by atoms with Crippen LogP contribution in [0.3, 0.4) is 0 Å². The Kier molecular flexibility index (Phi) is 5.61. The Morgan fingerprint density at radius 3 is 2.67 bits per heavy atom. The maximum atomic E-state index is 9.97. The molecule has 0 atom stereocenters. The number of pyridine rings is 1. The number of nitrogens with one attached hydrogen (secondary N) is 1. The van der Waals surface area contributed by atoms with E-state index in [0.717, 1.165) is 5.69 Å². The summed E-state index contributed by atoms with van der Waals surface area (Å²) in [4.78, 5) is 9.97. The van der Waals surface area contributed by atoms with Crippen molar-refractivity contribution in [1.82, 2.24) is 0 Å². The highest BCUT2D eigenvalue weighted by Crippen LogP contribution is 1.97. The van der Waals surface area contributed by atoms with Crippen LogP contribution in [-0.2, 0) is 11.8 Å². The Morgan fingerprint density at radius 1 is 1.50 bits per heavy atom. The molecule has 0 fully saturated rings. The summed E-state index contributed by atoms with van der Waals surface area (Å²) in [5.41, 5.74) is 0.806. The van der Waals surface area contributed by atoms with Crippen molar-refractivity contribution < 1.29 is 9.36 Å². The van der Waals surface area contributed by atoms with Gasteiger partial charge in [0.2, 0.25) is 6.41 Å². The van der Waals surface area contributed by atoms with Crippen LogP contribution >= 0.6 is 0 Å². The molecule has 0 saturated carbocycles. The second-order valence-electron chi connectivity index (χ2n) is 2.02. The number of carbonyl (C=O) groups excluding carboxylic acids is 1. The van der Waals surface area contributed by atoms with Gasteiger partial charge in [-0.25, -0.2) is 4.57 Å². The number of carbonyl (C=O) groups is 1. The second kappa shape index (κ2) is 6.34. The third-order valence-electron chi connectivity index (χ3n) is 1.17. The molecular formula is C9H15N2O+. The van der Waals surface area contributed by atoms with Gasteiger partial charge in [0, 0.05) is 6.07 Å². The summed E-state index contributed by atoms with van der Waals surface area (Å²) >= 11 is 0. The summed E-state index contributed by atoms with van der Waals surface area (Å²) in [5.74, 6) is 0. The minimum absolute atomic E-state index is 0.662. The SMILES string of the molecule is CC.C[n+]1cccc(NC=O)c1. The van der Waals surface area contributed by atoms with E-state index in [2.05, 4.69) is 5.32 Å². The van der Waals surface area contributed by atoms with Crippen molar-refractivity contribution in [2.45, 2.75) is 13.8 Å². The predicted octanol–water partition coefficient (Wildman–Crippen LogP) is 1.11. The molecule has 0 spiro atoms. The molecule has 0 aliphatic heterocycles. The van der Waals surface area contributed by atoms with E-state index in [1.165, 1.54) is 0 Å². The zero-order valence-electron chi connectivity index (χ0n) is 7.74. The number of hydrogen-bond donors (Lipinski definition) is 1. The van der Waals surface area contributed by atoms with E-state index in [-0.39, 0.29) is 0 Å². The standard InChI is InChI=1S/C7H8N2O.C2H6/c1-9-4-2-3-7(5-9)8-6-10;1-2/h2-6H,1H3;1-2H3/p+1. The van der Waals surface area contributed by atoms with Crippen LogP contribution < -0.4 is 9.88 Å². The monoisotopic (exact) mass is 167 g/mol. The number of aromatic nitrogens is 1. The number of nitrogens with zero attached hydrogens (tertiary/aromatic N) is 1. The fourth-order valence-corrected chi connectivity index (χ4v) is 0.741. The van der Waals surface area contributed by atoms with Crippen molar-refractivity contribution in [3.05, 3.63) is 24.5 Å². The molecule has 0 aromatic carbocycles. The molecule has 1 rings (SSSR count). The highest BCUT2D eigenvalue weighted by Gasteiger charge is 1.93. The maximum Gasteiger partial charge on any atom is 0.211 e. The maximum absolute atomic E-state index is 9.97. The summed E-state index contributed by atoms with van der Waals surface area (Å²) < 4.78 is 1.87.